The monoisotopic (exact) mass is 291 g/mol. The van der Waals surface area contributed by atoms with E-state index in [0.29, 0.717) is 5.06 Å². The van der Waals surface area contributed by atoms with Gasteiger partial charge in [-0.2, -0.15) is 0 Å². The van der Waals surface area contributed by atoms with E-state index in [4.69, 9.17) is 14.3 Å². The highest BCUT2D eigenvalue weighted by molar-refractivity contribution is 5.86. The highest BCUT2D eigenvalue weighted by atomic mass is 16.8. The van der Waals surface area contributed by atoms with Gasteiger partial charge in [0.25, 0.3) is 0 Å². The highest BCUT2D eigenvalue weighted by Gasteiger charge is 2.32. The number of hydroxylamine groups is 2. The summed E-state index contributed by atoms with van der Waals surface area (Å²) in [5.41, 5.74) is -1.57. The molecule has 0 saturated heterocycles. The minimum Gasteiger partial charge on any atom is -0.442 e. The molecule has 1 unspecified atom stereocenters. The van der Waals surface area contributed by atoms with E-state index in [1.807, 2.05) is 0 Å². The van der Waals surface area contributed by atoms with Crippen LogP contribution in [0.2, 0.25) is 0 Å². The highest BCUT2D eigenvalue weighted by Crippen LogP contribution is 2.14. The maximum absolute atomic E-state index is 11.9. The Morgan fingerprint density at radius 2 is 1.35 bits per heavy atom. The van der Waals surface area contributed by atoms with Gasteiger partial charge in [0.2, 0.25) is 0 Å². The molecule has 20 heavy (non-hydrogen) atoms. The van der Waals surface area contributed by atoms with E-state index in [1.165, 1.54) is 6.92 Å². The molecule has 0 aliphatic rings. The fourth-order valence-electron chi connectivity index (χ4n) is 0.969. The first-order valence-corrected chi connectivity index (χ1v) is 6.39. The molecule has 0 aliphatic carbocycles. The van der Waals surface area contributed by atoms with Crippen molar-refractivity contribution in [2.45, 2.75) is 65.8 Å². The molecule has 0 saturated carbocycles. The first-order valence-electron chi connectivity index (χ1n) is 6.39. The van der Waals surface area contributed by atoms with Gasteiger partial charge in [-0.05, 0) is 48.5 Å². The molecule has 0 bridgehead atoms. The zero-order chi connectivity index (χ0) is 16.1. The van der Waals surface area contributed by atoms with Crippen molar-refractivity contribution in [2.75, 3.05) is 6.61 Å². The number of hydrogen-bond donors (Lipinski definition) is 1. The van der Waals surface area contributed by atoms with Gasteiger partial charge in [-0.25, -0.2) is 9.59 Å². The van der Waals surface area contributed by atoms with Gasteiger partial charge in [-0.1, -0.05) is 5.06 Å². The summed E-state index contributed by atoms with van der Waals surface area (Å²) in [4.78, 5) is 28.7. The van der Waals surface area contributed by atoms with Crippen molar-refractivity contribution >= 4 is 12.2 Å². The van der Waals surface area contributed by atoms with Crippen molar-refractivity contribution in [2.24, 2.45) is 0 Å². The number of carbonyl (C=O) groups excluding carboxylic acids is 2. The summed E-state index contributed by atoms with van der Waals surface area (Å²) in [7, 11) is 0. The van der Waals surface area contributed by atoms with E-state index in [0.717, 1.165) is 0 Å². The predicted octanol–water partition coefficient (Wildman–Crippen LogP) is 2.47. The van der Waals surface area contributed by atoms with E-state index in [-0.39, 0.29) is 6.61 Å². The quantitative estimate of drug-likeness (QED) is 0.804. The molecule has 118 valence electrons. The second-order valence-electron chi connectivity index (χ2n) is 6.40. The van der Waals surface area contributed by atoms with Crippen molar-refractivity contribution in [1.82, 2.24) is 5.06 Å². The number of aliphatic hydroxyl groups is 1. The second-order valence-corrected chi connectivity index (χ2v) is 6.40. The largest absolute Gasteiger partial charge is 0.444 e. The molecule has 0 aromatic carbocycles. The Morgan fingerprint density at radius 3 is 1.60 bits per heavy atom. The Kier molecular flexibility index (Phi) is 6.43. The fourth-order valence-corrected chi connectivity index (χ4v) is 0.969. The number of carbonyl (C=O) groups is 2. The Morgan fingerprint density at radius 1 is 1.00 bits per heavy atom. The van der Waals surface area contributed by atoms with Crippen LogP contribution in [0.3, 0.4) is 0 Å². The lowest BCUT2D eigenvalue weighted by Crippen LogP contribution is -2.44. The van der Waals surface area contributed by atoms with Gasteiger partial charge in [0, 0.05) is 0 Å². The summed E-state index contributed by atoms with van der Waals surface area (Å²) in [6.07, 6.45) is -2.83. The molecule has 0 radical (unpaired) electrons. The third-order valence-corrected chi connectivity index (χ3v) is 1.56. The summed E-state index contributed by atoms with van der Waals surface area (Å²) in [5, 5.41) is 9.55. The molecule has 0 aliphatic heterocycles. The zero-order valence-corrected chi connectivity index (χ0v) is 13.2. The van der Waals surface area contributed by atoms with Crippen LogP contribution in [0.5, 0.6) is 0 Å². The van der Waals surface area contributed by atoms with Gasteiger partial charge in [-0.15, -0.1) is 0 Å². The van der Waals surface area contributed by atoms with E-state index < -0.39 is 29.5 Å². The third-order valence-electron chi connectivity index (χ3n) is 1.56. The number of rotatable bonds is 3. The van der Waals surface area contributed by atoms with E-state index in [1.54, 1.807) is 41.5 Å². The van der Waals surface area contributed by atoms with E-state index in [9.17, 15) is 14.7 Å². The minimum atomic E-state index is -0.993. The summed E-state index contributed by atoms with van der Waals surface area (Å²) >= 11 is 0. The van der Waals surface area contributed by atoms with Crippen LogP contribution in [-0.4, -0.2) is 46.3 Å². The van der Waals surface area contributed by atoms with Crippen LogP contribution >= 0.6 is 0 Å². The van der Waals surface area contributed by atoms with Gasteiger partial charge in [0.1, 0.15) is 17.8 Å². The molecule has 0 rings (SSSR count). The second kappa shape index (κ2) is 6.90. The van der Waals surface area contributed by atoms with Crippen molar-refractivity contribution in [3.8, 4) is 0 Å². The van der Waals surface area contributed by atoms with Crippen LogP contribution in [0.15, 0.2) is 0 Å². The van der Waals surface area contributed by atoms with Crippen LogP contribution in [0.25, 0.3) is 0 Å². The average Bonchev–Trinajstić information content (AvgIpc) is 2.10. The van der Waals surface area contributed by atoms with Crippen LogP contribution in [0.1, 0.15) is 48.5 Å². The standard InChI is InChI=1S/C13H25NO6/c1-9(15)8-18-14(10(16)19-12(2,3)4)11(17)20-13(5,6)7/h9,15H,8H2,1-7H3. The molecule has 2 amide bonds. The zero-order valence-electron chi connectivity index (χ0n) is 13.2. The van der Waals surface area contributed by atoms with Crippen molar-refractivity contribution in [3.63, 3.8) is 0 Å². The lowest BCUT2D eigenvalue weighted by atomic mass is 10.2. The number of imide groups is 1. The van der Waals surface area contributed by atoms with Crippen LogP contribution < -0.4 is 0 Å². The Bertz CT molecular complexity index is 312. The molecular weight excluding hydrogens is 266 g/mol. The Balaban J connectivity index is 4.88. The topological polar surface area (TPSA) is 85.3 Å². The summed E-state index contributed by atoms with van der Waals surface area (Å²) < 4.78 is 10.1. The molecule has 0 aromatic rings. The molecule has 0 aromatic heterocycles. The van der Waals surface area contributed by atoms with Gasteiger partial charge in [0.05, 0.1) is 6.10 Å². The number of nitrogens with zero attached hydrogens (tertiary/aromatic N) is 1. The maximum atomic E-state index is 11.9. The predicted molar refractivity (Wildman–Crippen MR) is 71.9 cm³/mol. The Labute approximate surface area is 119 Å². The van der Waals surface area contributed by atoms with Crippen molar-refractivity contribution in [3.05, 3.63) is 0 Å². The molecule has 7 nitrogen and oxygen atoms in total. The third kappa shape index (κ3) is 8.71. The number of aliphatic hydroxyl groups excluding tert-OH is 1. The van der Waals surface area contributed by atoms with Gasteiger partial charge in [-0.3, -0.25) is 4.84 Å². The van der Waals surface area contributed by atoms with Crippen molar-refractivity contribution < 1.29 is 29.0 Å². The number of amides is 2. The molecule has 1 N–H and O–H groups in total. The first-order chi connectivity index (χ1) is 8.82. The molecule has 1 atom stereocenters. The molecular formula is C13H25NO6. The van der Waals surface area contributed by atoms with E-state index >= 15 is 0 Å². The molecule has 0 heterocycles. The summed E-state index contributed by atoms with van der Waals surface area (Å²) in [5.74, 6) is 0. The van der Waals surface area contributed by atoms with Crippen LogP contribution in [0.4, 0.5) is 9.59 Å². The molecule has 0 fully saturated rings. The van der Waals surface area contributed by atoms with Crippen LogP contribution in [0, 0.1) is 0 Å². The minimum absolute atomic E-state index is 0.238. The first kappa shape index (κ1) is 18.7. The van der Waals surface area contributed by atoms with Crippen molar-refractivity contribution in [1.29, 1.82) is 0 Å². The SMILES string of the molecule is CC(O)CON(C(=O)OC(C)(C)C)C(=O)OC(C)(C)C. The molecule has 7 heteroatoms. The van der Waals surface area contributed by atoms with Gasteiger partial charge in [0.15, 0.2) is 0 Å². The molecule has 0 spiro atoms. The van der Waals surface area contributed by atoms with E-state index in [2.05, 4.69) is 0 Å². The lowest BCUT2D eigenvalue weighted by molar-refractivity contribution is -0.152. The Hall–Kier alpha value is -1.34. The maximum Gasteiger partial charge on any atom is 0.444 e. The summed E-state index contributed by atoms with van der Waals surface area (Å²) in [6.45, 7) is 11.2. The number of hydrogen-bond acceptors (Lipinski definition) is 6. The van der Waals surface area contributed by atoms with Gasteiger partial charge < -0.3 is 14.6 Å². The smallest absolute Gasteiger partial charge is 0.442 e. The summed E-state index contributed by atoms with van der Waals surface area (Å²) in [6, 6.07) is 0. The number of ether oxygens (including phenoxy) is 2. The fraction of sp³-hybridized carbons (Fsp3) is 0.846. The van der Waals surface area contributed by atoms with Gasteiger partial charge >= 0.3 is 12.2 Å². The van der Waals surface area contributed by atoms with Crippen LogP contribution in [-0.2, 0) is 14.3 Å². The normalized spacial score (nSPS) is 13.6. The average molecular weight is 291 g/mol. The lowest BCUT2D eigenvalue weighted by Gasteiger charge is -2.27.